The van der Waals surface area contributed by atoms with Crippen LogP contribution in [-0.4, -0.2) is 14.0 Å². The van der Waals surface area contributed by atoms with Crippen LogP contribution in [0.4, 0.5) is 0 Å². The topological polar surface area (TPSA) is 22.2 Å². The van der Waals surface area contributed by atoms with Crippen LogP contribution in [0.1, 0.15) is 0 Å². The molecule has 9 aromatic rings. The lowest BCUT2D eigenvalue weighted by atomic mass is 10.0. The summed E-state index contributed by atoms with van der Waals surface area (Å²) >= 11 is 0. The van der Waals surface area contributed by atoms with Crippen LogP contribution in [0.5, 0.6) is 0 Å². The molecule has 42 heavy (non-hydrogen) atoms. The van der Waals surface area contributed by atoms with E-state index in [2.05, 4.69) is 161 Å². The van der Waals surface area contributed by atoms with Crippen molar-refractivity contribution in [1.29, 1.82) is 0 Å². The Kier molecular flexibility index (Phi) is 4.90. The highest BCUT2D eigenvalue weighted by Crippen LogP contribution is 2.42. The molecule has 0 fully saturated rings. The summed E-state index contributed by atoms with van der Waals surface area (Å²) in [5.41, 5.74) is 9.06. The summed E-state index contributed by atoms with van der Waals surface area (Å²) in [6.07, 6.45) is 0. The highest BCUT2D eigenvalue weighted by atomic mass is 15.0. The Morgan fingerprint density at radius 3 is 1.69 bits per heavy atom. The Balaban J connectivity index is 1.54. The van der Waals surface area contributed by atoms with Gasteiger partial charge in [-0.05, 0) is 35.7 Å². The molecule has 0 amide bonds. The zero-order valence-corrected chi connectivity index (χ0v) is 22.8. The van der Waals surface area contributed by atoms with Gasteiger partial charge in [0, 0.05) is 38.4 Å². The van der Waals surface area contributed by atoms with E-state index >= 15 is 0 Å². The van der Waals surface area contributed by atoms with Crippen molar-refractivity contribution >= 4 is 49.0 Å². The lowest BCUT2D eigenvalue weighted by Crippen LogP contribution is -1.96. The lowest BCUT2D eigenvalue weighted by Gasteiger charge is -2.13. The predicted octanol–water partition coefficient (Wildman–Crippen LogP) is 10.1. The van der Waals surface area contributed by atoms with Crippen LogP contribution in [0.15, 0.2) is 152 Å². The molecule has 0 saturated carbocycles. The number of aromatic nitrogens is 3. The van der Waals surface area contributed by atoms with Gasteiger partial charge in [0.05, 0.1) is 27.8 Å². The van der Waals surface area contributed by atoms with E-state index < -0.39 is 0 Å². The molecule has 0 bridgehead atoms. The molecule has 0 saturated heterocycles. The van der Waals surface area contributed by atoms with Crippen molar-refractivity contribution in [1.82, 2.24) is 14.0 Å². The van der Waals surface area contributed by atoms with Crippen molar-refractivity contribution in [3.05, 3.63) is 152 Å². The molecule has 0 aliphatic rings. The van der Waals surface area contributed by atoms with Gasteiger partial charge < -0.3 is 4.57 Å². The Bertz CT molecular complexity index is 2430. The minimum absolute atomic E-state index is 0.950. The maximum atomic E-state index is 5.38. The number of pyridine rings is 1. The summed E-state index contributed by atoms with van der Waals surface area (Å²) in [6, 6.07) is 54.1. The maximum Gasteiger partial charge on any atom is 0.145 e. The highest BCUT2D eigenvalue weighted by Gasteiger charge is 2.22. The Morgan fingerprint density at radius 1 is 0.405 bits per heavy atom. The van der Waals surface area contributed by atoms with Crippen molar-refractivity contribution in [3.8, 4) is 28.3 Å². The lowest BCUT2D eigenvalue weighted by molar-refractivity contribution is 1.18. The van der Waals surface area contributed by atoms with Gasteiger partial charge in [-0.15, -0.1) is 0 Å². The van der Waals surface area contributed by atoms with Gasteiger partial charge in [-0.3, -0.25) is 4.40 Å². The maximum absolute atomic E-state index is 5.38. The fraction of sp³-hybridized carbons (Fsp3) is 0. The number of hydrogen-bond donors (Lipinski definition) is 0. The third-order valence-corrected chi connectivity index (χ3v) is 8.47. The predicted molar refractivity (Wildman–Crippen MR) is 175 cm³/mol. The van der Waals surface area contributed by atoms with Crippen molar-refractivity contribution in [2.45, 2.75) is 0 Å². The third kappa shape index (κ3) is 3.25. The van der Waals surface area contributed by atoms with Gasteiger partial charge in [0.25, 0.3) is 0 Å². The zero-order valence-electron chi connectivity index (χ0n) is 22.8. The van der Waals surface area contributed by atoms with Crippen LogP contribution >= 0.6 is 0 Å². The van der Waals surface area contributed by atoms with Gasteiger partial charge >= 0.3 is 0 Å². The molecule has 0 spiro atoms. The molecule has 0 aliphatic heterocycles. The molecule has 0 atom stereocenters. The van der Waals surface area contributed by atoms with E-state index in [1.165, 1.54) is 38.0 Å². The van der Waals surface area contributed by atoms with Crippen LogP contribution in [-0.2, 0) is 0 Å². The molecule has 3 aromatic heterocycles. The highest BCUT2D eigenvalue weighted by molar-refractivity contribution is 6.21. The van der Waals surface area contributed by atoms with Gasteiger partial charge in [-0.25, -0.2) is 4.98 Å². The quantitative estimate of drug-likeness (QED) is 0.206. The molecule has 0 radical (unpaired) electrons. The normalized spacial score (nSPS) is 11.8. The van der Waals surface area contributed by atoms with Crippen molar-refractivity contribution in [2.24, 2.45) is 0 Å². The minimum atomic E-state index is 0.950. The Morgan fingerprint density at radius 2 is 0.952 bits per heavy atom. The largest absolute Gasteiger partial charge is 0.309 e. The molecule has 3 heterocycles. The van der Waals surface area contributed by atoms with Crippen molar-refractivity contribution in [2.75, 3.05) is 0 Å². The SMILES string of the molecule is c1ccc(-c2nc(-c3ccccc3)n3c4cc5c6ccccc6n(-c6ccccc6)c5cc4c4ccccc4c23)cc1. The molecule has 9 rings (SSSR count). The fourth-order valence-electron chi connectivity index (χ4n) is 6.67. The molecular formula is C39H25N3. The average Bonchev–Trinajstić information content (AvgIpc) is 3.62. The van der Waals surface area contributed by atoms with E-state index in [1.807, 2.05) is 0 Å². The van der Waals surface area contributed by atoms with Gasteiger partial charge in [0.15, 0.2) is 0 Å². The minimum Gasteiger partial charge on any atom is -0.309 e. The van der Waals surface area contributed by atoms with Crippen LogP contribution in [0.25, 0.3) is 77.3 Å². The Labute approximate surface area is 242 Å². The van der Waals surface area contributed by atoms with Crippen LogP contribution in [0.3, 0.4) is 0 Å². The molecule has 6 aromatic carbocycles. The molecule has 0 N–H and O–H groups in total. The third-order valence-electron chi connectivity index (χ3n) is 8.47. The van der Waals surface area contributed by atoms with E-state index in [1.54, 1.807) is 0 Å². The van der Waals surface area contributed by atoms with Crippen LogP contribution in [0.2, 0.25) is 0 Å². The first-order valence-corrected chi connectivity index (χ1v) is 14.3. The second-order valence-corrected chi connectivity index (χ2v) is 10.8. The first kappa shape index (κ1) is 23.1. The van der Waals surface area contributed by atoms with Crippen LogP contribution < -0.4 is 0 Å². The van der Waals surface area contributed by atoms with Gasteiger partial charge in [0.1, 0.15) is 5.82 Å². The number of rotatable bonds is 3. The smallest absolute Gasteiger partial charge is 0.145 e. The fourth-order valence-corrected chi connectivity index (χ4v) is 6.67. The van der Waals surface area contributed by atoms with Gasteiger partial charge in [-0.2, -0.15) is 0 Å². The van der Waals surface area contributed by atoms with Gasteiger partial charge in [-0.1, -0.05) is 121 Å². The van der Waals surface area contributed by atoms with Crippen molar-refractivity contribution in [3.63, 3.8) is 0 Å². The number of nitrogens with zero attached hydrogens (tertiary/aromatic N) is 3. The summed E-state index contributed by atoms with van der Waals surface area (Å²) < 4.78 is 4.79. The number of imidazole rings is 1. The van der Waals surface area contributed by atoms with E-state index in [4.69, 9.17) is 4.98 Å². The number of para-hydroxylation sites is 2. The zero-order chi connectivity index (χ0) is 27.6. The second kappa shape index (κ2) is 8.92. The number of hydrogen-bond acceptors (Lipinski definition) is 1. The van der Waals surface area contributed by atoms with E-state index in [9.17, 15) is 0 Å². The van der Waals surface area contributed by atoms with E-state index in [-0.39, 0.29) is 0 Å². The number of fused-ring (bicyclic) bond motifs is 9. The Hall–Kier alpha value is -5.67. The van der Waals surface area contributed by atoms with Gasteiger partial charge in [0.2, 0.25) is 0 Å². The summed E-state index contributed by atoms with van der Waals surface area (Å²) in [7, 11) is 0. The molecule has 0 unspecified atom stereocenters. The number of benzene rings is 6. The van der Waals surface area contributed by atoms with Crippen LogP contribution in [0, 0.1) is 0 Å². The standard InChI is InChI=1S/C39H25N3/c1-4-14-26(15-5-1)37-38-31-22-11-10-20-29(31)32-24-35-33(25-36(32)42(38)39(40-37)27-16-6-2-7-17-27)30-21-12-13-23-34(30)41(35)28-18-8-3-9-19-28/h1-25H. The average molecular weight is 536 g/mol. The summed E-state index contributed by atoms with van der Waals surface area (Å²) in [4.78, 5) is 5.38. The second-order valence-electron chi connectivity index (χ2n) is 10.8. The van der Waals surface area contributed by atoms with E-state index in [0.29, 0.717) is 0 Å². The summed E-state index contributed by atoms with van der Waals surface area (Å²) in [6.45, 7) is 0. The molecular weight excluding hydrogens is 510 g/mol. The molecule has 3 nitrogen and oxygen atoms in total. The molecule has 0 aliphatic carbocycles. The summed E-state index contributed by atoms with van der Waals surface area (Å²) in [5, 5.41) is 6.10. The first-order chi connectivity index (χ1) is 20.9. The van der Waals surface area contributed by atoms with E-state index in [0.717, 1.165) is 39.4 Å². The van der Waals surface area contributed by atoms with Crippen molar-refractivity contribution < 1.29 is 0 Å². The first-order valence-electron chi connectivity index (χ1n) is 14.3. The summed E-state index contributed by atoms with van der Waals surface area (Å²) in [5.74, 6) is 0.950. The molecule has 3 heteroatoms. The monoisotopic (exact) mass is 535 g/mol. The molecule has 196 valence electrons.